The molecule has 20 heavy (non-hydrogen) atoms. The first-order valence-corrected chi connectivity index (χ1v) is 6.54. The SMILES string of the molecule is Cc1sc(C(=O)OCc2ccc(F)c(C#N)c2)cc1N. The molecule has 1 aromatic heterocycles. The van der Waals surface area contributed by atoms with Gasteiger partial charge in [-0.25, -0.2) is 9.18 Å². The molecule has 4 nitrogen and oxygen atoms in total. The van der Waals surface area contributed by atoms with E-state index in [2.05, 4.69) is 0 Å². The van der Waals surface area contributed by atoms with E-state index < -0.39 is 11.8 Å². The molecule has 102 valence electrons. The maximum atomic E-state index is 13.1. The van der Waals surface area contributed by atoms with E-state index in [1.165, 1.54) is 29.5 Å². The van der Waals surface area contributed by atoms with Crippen molar-refractivity contribution >= 4 is 23.0 Å². The number of aryl methyl sites for hydroxylation is 1. The second-order valence-corrected chi connectivity index (χ2v) is 5.38. The number of benzene rings is 1. The second kappa shape index (κ2) is 5.72. The molecule has 0 aliphatic heterocycles. The molecule has 0 amide bonds. The molecule has 0 atom stereocenters. The lowest BCUT2D eigenvalue weighted by Gasteiger charge is -2.04. The van der Waals surface area contributed by atoms with Gasteiger partial charge < -0.3 is 10.5 Å². The molecule has 2 N–H and O–H groups in total. The summed E-state index contributed by atoms with van der Waals surface area (Å²) in [5, 5.41) is 8.72. The molecule has 0 spiro atoms. The molecule has 1 aromatic carbocycles. The number of nitrogen functional groups attached to an aromatic ring is 1. The third-order valence-electron chi connectivity index (χ3n) is 2.68. The van der Waals surface area contributed by atoms with E-state index in [-0.39, 0.29) is 12.2 Å². The number of anilines is 1. The second-order valence-electron chi connectivity index (χ2n) is 4.12. The number of carbonyl (C=O) groups excluding carboxylic acids is 1. The van der Waals surface area contributed by atoms with Gasteiger partial charge in [-0.2, -0.15) is 5.26 Å². The molecule has 0 fully saturated rings. The lowest BCUT2D eigenvalue weighted by Crippen LogP contribution is -2.03. The fourth-order valence-corrected chi connectivity index (χ4v) is 2.40. The standard InChI is InChI=1S/C14H11FN2O2S/c1-8-12(17)5-13(20-8)14(18)19-7-9-2-3-11(15)10(4-9)6-16/h2-5H,7,17H2,1H3. The molecule has 2 rings (SSSR count). The van der Waals surface area contributed by atoms with Gasteiger partial charge in [0, 0.05) is 10.6 Å². The number of halogens is 1. The number of hydrogen-bond acceptors (Lipinski definition) is 5. The average molecular weight is 290 g/mol. The van der Waals surface area contributed by atoms with E-state index in [1.54, 1.807) is 12.1 Å². The van der Waals surface area contributed by atoms with Crippen molar-refractivity contribution in [3.05, 3.63) is 51.0 Å². The van der Waals surface area contributed by atoms with Gasteiger partial charge in [0.2, 0.25) is 0 Å². The predicted octanol–water partition coefficient (Wildman–Crippen LogP) is 3.01. The Morgan fingerprint density at radius 1 is 1.50 bits per heavy atom. The summed E-state index contributed by atoms with van der Waals surface area (Å²) in [6.45, 7) is 1.79. The molecule has 1 heterocycles. The zero-order chi connectivity index (χ0) is 14.7. The molecule has 0 bridgehead atoms. The van der Waals surface area contributed by atoms with Crippen molar-refractivity contribution < 1.29 is 13.9 Å². The summed E-state index contributed by atoms with van der Waals surface area (Å²) in [6.07, 6.45) is 0. The van der Waals surface area contributed by atoms with E-state index in [0.29, 0.717) is 16.1 Å². The minimum Gasteiger partial charge on any atom is -0.457 e. The van der Waals surface area contributed by atoms with Crippen LogP contribution in [0.2, 0.25) is 0 Å². The van der Waals surface area contributed by atoms with Crippen LogP contribution in [-0.2, 0) is 11.3 Å². The zero-order valence-electron chi connectivity index (χ0n) is 10.6. The summed E-state index contributed by atoms with van der Waals surface area (Å²) < 4.78 is 18.2. The number of ether oxygens (including phenoxy) is 1. The Kier molecular flexibility index (Phi) is 4.01. The summed E-state index contributed by atoms with van der Waals surface area (Å²) >= 11 is 1.26. The summed E-state index contributed by atoms with van der Waals surface area (Å²) in [5.41, 5.74) is 6.70. The molecule has 0 saturated heterocycles. The number of carbonyl (C=O) groups is 1. The average Bonchev–Trinajstić information content (AvgIpc) is 2.77. The minimum atomic E-state index is -0.593. The highest BCUT2D eigenvalue weighted by molar-refractivity contribution is 7.14. The third kappa shape index (κ3) is 2.95. The van der Waals surface area contributed by atoms with Crippen molar-refractivity contribution in [3.63, 3.8) is 0 Å². The van der Waals surface area contributed by atoms with Crippen LogP contribution in [0.4, 0.5) is 10.1 Å². The Morgan fingerprint density at radius 2 is 2.25 bits per heavy atom. The third-order valence-corrected chi connectivity index (χ3v) is 3.72. The van der Waals surface area contributed by atoms with E-state index in [9.17, 15) is 9.18 Å². The number of esters is 1. The van der Waals surface area contributed by atoms with Crippen LogP contribution in [0.25, 0.3) is 0 Å². The fourth-order valence-electron chi connectivity index (χ4n) is 1.56. The highest BCUT2D eigenvalue weighted by Gasteiger charge is 2.13. The van der Waals surface area contributed by atoms with Gasteiger partial charge in [-0.3, -0.25) is 0 Å². The Balaban J connectivity index is 2.05. The normalized spacial score (nSPS) is 10.1. The first kappa shape index (κ1) is 14.0. The Hall–Kier alpha value is -2.39. The van der Waals surface area contributed by atoms with Crippen LogP contribution in [0.1, 0.15) is 25.7 Å². The van der Waals surface area contributed by atoms with Gasteiger partial charge in [-0.05, 0) is 30.7 Å². The monoisotopic (exact) mass is 290 g/mol. The van der Waals surface area contributed by atoms with Crippen molar-refractivity contribution in [2.24, 2.45) is 0 Å². The molecule has 0 saturated carbocycles. The smallest absolute Gasteiger partial charge is 0.348 e. The van der Waals surface area contributed by atoms with Gasteiger partial charge in [-0.15, -0.1) is 11.3 Å². The largest absolute Gasteiger partial charge is 0.457 e. The van der Waals surface area contributed by atoms with Gasteiger partial charge >= 0.3 is 5.97 Å². The van der Waals surface area contributed by atoms with Crippen LogP contribution in [0.5, 0.6) is 0 Å². The lowest BCUT2D eigenvalue weighted by atomic mass is 10.1. The van der Waals surface area contributed by atoms with Gasteiger partial charge in [0.15, 0.2) is 0 Å². The Bertz CT molecular complexity index is 684. The summed E-state index contributed by atoms with van der Waals surface area (Å²) in [7, 11) is 0. The summed E-state index contributed by atoms with van der Waals surface area (Å²) in [5.74, 6) is -1.08. The van der Waals surface area contributed by atoms with Crippen LogP contribution in [-0.4, -0.2) is 5.97 Å². The number of thiophene rings is 1. The maximum Gasteiger partial charge on any atom is 0.348 e. The van der Waals surface area contributed by atoms with E-state index in [1.807, 2.05) is 6.92 Å². The summed E-state index contributed by atoms with van der Waals surface area (Å²) in [4.78, 5) is 13.1. The minimum absolute atomic E-state index is 0.0232. The molecule has 2 aromatic rings. The zero-order valence-corrected chi connectivity index (χ0v) is 11.5. The van der Waals surface area contributed by atoms with Crippen LogP contribution in [0.15, 0.2) is 24.3 Å². The van der Waals surface area contributed by atoms with Crippen LogP contribution < -0.4 is 5.73 Å². The predicted molar refractivity (Wildman–Crippen MR) is 73.7 cm³/mol. The number of nitrogens with two attached hydrogens (primary N) is 1. The van der Waals surface area contributed by atoms with Gasteiger partial charge in [0.1, 0.15) is 23.4 Å². The Morgan fingerprint density at radius 3 is 2.85 bits per heavy atom. The number of nitriles is 1. The van der Waals surface area contributed by atoms with Crippen molar-refractivity contribution in [3.8, 4) is 6.07 Å². The molecule has 0 aliphatic rings. The number of nitrogens with zero attached hydrogens (tertiary/aromatic N) is 1. The van der Waals surface area contributed by atoms with E-state index in [4.69, 9.17) is 15.7 Å². The van der Waals surface area contributed by atoms with Gasteiger partial charge in [0.05, 0.1) is 5.56 Å². The molecule has 0 unspecified atom stereocenters. The topological polar surface area (TPSA) is 76.1 Å². The van der Waals surface area contributed by atoms with E-state index in [0.717, 1.165) is 4.88 Å². The molecule has 0 aliphatic carbocycles. The fraction of sp³-hybridized carbons (Fsp3) is 0.143. The van der Waals surface area contributed by atoms with Crippen molar-refractivity contribution in [1.82, 2.24) is 0 Å². The van der Waals surface area contributed by atoms with E-state index >= 15 is 0 Å². The van der Waals surface area contributed by atoms with Crippen molar-refractivity contribution in [2.75, 3.05) is 5.73 Å². The van der Waals surface area contributed by atoms with Crippen LogP contribution in [0, 0.1) is 24.1 Å². The van der Waals surface area contributed by atoms with Gasteiger partial charge in [-0.1, -0.05) is 6.07 Å². The molecule has 6 heteroatoms. The number of rotatable bonds is 3. The lowest BCUT2D eigenvalue weighted by molar-refractivity contribution is 0.0478. The highest BCUT2D eigenvalue weighted by Crippen LogP contribution is 2.24. The van der Waals surface area contributed by atoms with Crippen molar-refractivity contribution in [2.45, 2.75) is 13.5 Å². The molecule has 0 radical (unpaired) electrons. The van der Waals surface area contributed by atoms with Crippen molar-refractivity contribution in [1.29, 1.82) is 5.26 Å². The first-order valence-electron chi connectivity index (χ1n) is 5.73. The Labute approximate surface area is 119 Å². The quantitative estimate of drug-likeness (QED) is 0.882. The van der Waals surface area contributed by atoms with Crippen LogP contribution >= 0.6 is 11.3 Å². The molecular formula is C14H11FN2O2S. The molecular weight excluding hydrogens is 279 g/mol. The first-order chi connectivity index (χ1) is 9.51. The highest BCUT2D eigenvalue weighted by atomic mass is 32.1. The summed E-state index contributed by atoms with van der Waals surface area (Å²) in [6, 6.07) is 7.30. The van der Waals surface area contributed by atoms with Crippen LogP contribution in [0.3, 0.4) is 0 Å². The number of hydrogen-bond donors (Lipinski definition) is 1. The van der Waals surface area contributed by atoms with Gasteiger partial charge in [0.25, 0.3) is 0 Å². The maximum absolute atomic E-state index is 13.1.